The van der Waals surface area contributed by atoms with E-state index < -0.39 is 37.0 Å². The van der Waals surface area contributed by atoms with Crippen LogP contribution in [0.4, 0.5) is 4.79 Å². The molecule has 11 heteroatoms. The zero-order valence-electron chi connectivity index (χ0n) is 10.3. The van der Waals surface area contributed by atoms with E-state index in [9.17, 15) is 29.8 Å². The van der Waals surface area contributed by atoms with Gasteiger partial charge >= 0.3 is 6.03 Å². The van der Waals surface area contributed by atoms with Gasteiger partial charge in [-0.25, -0.2) is 4.79 Å². The number of urea groups is 1. The largest absolute Gasteiger partial charge is 0.394 e. The van der Waals surface area contributed by atoms with Crippen molar-refractivity contribution in [3.63, 3.8) is 0 Å². The molecule has 0 unspecified atom stereocenters. The summed E-state index contributed by atoms with van der Waals surface area (Å²) in [5, 5.41) is 41.6. The summed E-state index contributed by atoms with van der Waals surface area (Å²) in [6, 6.07) is -2.77. The van der Waals surface area contributed by atoms with Crippen molar-refractivity contribution in [2.24, 2.45) is 5.29 Å². The molecule has 0 heterocycles. The predicted molar refractivity (Wildman–Crippen MR) is 66.7 cm³/mol. The second-order valence-electron chi connectivity index (χ2n) is 3.74. The van der Waals surface area contributed by atoms with Crippen LogP contribution >= 0.6 is 11.6 Å². The molecule has 0 aromatic carbocycles. The van der Waals surface area contributed by atoms with Crippen LogP contribution < -0.4 is 5.32 Å². The fourth-order valence-electron chi connectivity index (χ4n) is 1.28. The maximum Gasteiger partial charge on any atom is 0.340 e. The van der Waals surface area contributed by atoms with Crippen LogP contribution in [0.5, 0.6) is 0 Å². The van der Waals surface area contributed by atoms with Crippen LogP contribution in [0.2, 0.25) is 0 Å². The topological polar surface area (TPSA) is 160 Å². The number of aldehydes is 1. The fraction of sp³-hybridized carbons (Fsp3) is 0.778. The minimum absolute atomic E-state index is 0.0124. The van der Waals surface area contributed by atoms with E-state index in [2.05, 4.69) is 5.29 Å². The SMILES string of the molecule is O=C[C@H](O)[C@H](NC(=O)N(CCCl)N=O)[C@H](O)[C@H](O)CO. The van der Waals surface area contributed by atoms with E-state index >= 15 is 0 Å². The molecule has 0 aliphatic rings. The third-order valence-corrected chi connectivity index (χ3v) is 2.55. The Morgan fingerprint density at radius 3 is 2.40 bits per heavy atom. The normalized spacial score (nSPS) is 16.6. The minimum atomic E-state index is -1.86. The standard InChI is InChI=1S/C9H16ClN3O7/c10-1-2-13(12-20)9(19)11-7(5(16)3-14)8(18)6(17)4-15/h3,5-8,15-18H,1-2,4H2,(H,11,19)/t5-,6+,7-,8+/m0/s1. The molecule has 20 heavy (non-hydrogen) atoms. The summed E-state index contributed by atoms with van der Waals surface area (Å²) < 4.78 is 0. The maximum absolute atomic E-state index is 11.6. The van der Waals surface area contributed by atoms with Gasteiger partial charge in [-0.1, -0.05) is 0 Å². The molecule has 0 fully saturated rings. The van der Waals surface area contributed by atoms with Crippen LogP contribution in [-0.2, 0) is 4.79 Å². The van der Waals surface area contributed by atoms with Crippen molar-refractivity contribution in [2.45, 2.75) is 24.4 Å². The number of carbonyl (C=O) groups excluding carboxylic acids is 2. The number of carbonyl (C=O) groups is 2. The molecule has 0 saturated carbocycles. The summed E-state index contributed by atoms with van der Waals surface area (Å²) in [5.41, 5.74) is 0. The molecule has 0 spiro atoms. The lowest BCUT2D eigenvalue weighted by atomic mass is 10.0. The van der Waals surface area contributed by atoms with Crippen molar-refractivity contribution in [1.82, 2.24) is 10.3 Å². The van der Waals surface area contributed by atoms with Crippen LogP contribution in [0, 0.1) is 4.91 Å². The molecule has 0 radical (unpaired) electrons. The molecular formula is C9H16ClN3O7. The summed E-state index contributed by atoms with van der Waals surface area (Å²) >= 11 is 5.33. The van der Waals surface area contributed by atoms with E-state index in [1.54, 1.807) is 0 Å². The lowest BCUT2D eigenvalue weighted by Crippen LogP contribution is -2.58. The van der Waals surface area contributed by atoms with Crippen molar-refractivity contribution in [3.8, 4) is 0 Å². The Labute approximate surface area is 118 Å². The second kappa shape index (κ2) is 9.55. The lowest BCUT2D eigenvalue weighted by Gasteiger charge is -2.29. The van der Waals surface area contributed by atoms with E-state index in [1.165, 1.54) is 0 Å². The summed E-state index contributed by atoms with van der Waals surface area (Å²) in [7, 11) is 0. The zero-order chi connectivity index (χ0) is 15.7. The number of hydrogen-bond acceptors (Lipinski definition) is 8. The molecule has 0 aliphatic heterocycles. The number of amides is 2. The molecule has 2 amide bonds. The minimum Gasteiger partial charge on any atom is -0.394 e. The van der Waals surface area contributed by atoms with E-state index in [0.29, 0.717) is 5.01 Å². The number of nitrogens with zero attached hydrogens (tertiary/aromatic N) is 2. The van der Waals surface area contributed by atoms with Crippen LogP contribution in [0.15, 0.2) is 5.29 Å². The molecule has 5 N–H and O–H groups in total. The molecule has 0 aromatic heterocycles. The first kappa shape index (κ1) is 18.7. The molecule has 0 aliphatic carbocycles. The first-order valence-electron chi connectivity index (χ1n) is 5.50. The van der Waals surface area contributed by atoms with Crippen molar-refractivity contribution in [1.29, 1.82) is 0 Å². The predicted octanol–water partition coefficient (Wildman–Crippen LogP) is -2.44. The Morgan fingerprint density at radius 1 is 1.40 bits per heavy atom. The van der Waals surface area contributed by atoms with Crippen molar-refractivity contribution >= 4 is 23.9 Å². The highest BCUT2D eigenvalue weighted by Crippen LogP contribution is 2.06. The summed E-state index contributed by atoms with van der Waals surface area (Å²) in [4.78, 5) is 32.5. The van der Waals surface area contributed by atoms with Gasteiger partial charge in [0.2, 0.25) is 0 Å². The summed E-state index contributed by atoms with van der Waals surface area (Å²) in [5.74, 6) is -0.0954. The summed E-state index contributed by atoms with van der Waals surface area (Å²) in [6.07, 6.45) is -5.40. The van der Waals surface area contributed by atoms with Gasteiger partial charge in [0.15, 0.2) is 6.29 Å². The van der Waals surface area contributed by atoms with E-state index in [4.69, 9.17) is 16.7 Å². The van der Waals surface area contributed by atoms with Crippen molar-refractivity contribution < 1.29 is 30.0 Å². The van der Waals surface area contributed by atoms with Crippen molar-refractivity contribution in [2.75, 3.05) is 19.0 Å². The van der Waals surface area contributed by atoms with Crippen LogP contribution in [0.1, 0.15) is 0 Å². The Hall–Kier alpha value is -1.33. The van der Waals surface area contributed by atoms with Crippen molar-refractivity contribution in [3.05, 3.63) is 4.91 Å². The van der Waals surface area contributed by atoms with Gasteiger partial charge in [-0.15, -0.1) is 16.5 Å². The first-order chi connectivity index (χ1) is 9.42. The Balaban J connectivity index is 4.93. The number of aliphatic hydroxyl groups is 4. The number of nitrogens with one attached hydrogen (secondary N) is 1. The molecule has 10 nitrogen and oxygen atoms in total. The number of halogens is 1. The molecule has 0 saturated heterocycles. The van der Waals surface area contributed by atoms with Crippen LogP contribution in [-0.4, -0.2) is 81.1 Å². The van der Waals surface area contributed by atoms with Gasteiger partial charge in [0.25, 0.3) is 0 Å². The van der Waals surface area contributed by atoms with Gasteiger partial charge in [-0.3, -0.25) is 0 Å². The maximum atomic E-state index is 11.6. The molecule has 0 bridgehead atoms. The number of hydrogen-bond donors (Lipinski definition) is 5. The van der Waals surface area contributed by atoms with Gasteiger partial charge in [0, 0.05) is 5.88 Å². The third-order valence-electron chi connectivity index (χ3n) is 2.38. The first-order valence-corrected chi connectivity index (χ1v) is 6.04. The number of rotatable bonds is 9. The highest BCUT2D eigenvalue weighted by molar-refractivity contribution is 6.18. The van der Waals surface area contributed by atoms with E-state index in [0.717, 1.165) is 0 Å². The number of nitroso groups, excluding NO2 is 1. The Morgan fingerprint density at radius 2 is 2.00 bits per heavy atom. The third kappa shape index (κ3) is 5.35. The molecular weight excluding hydrogens is 298 g/mol. The van der Waals surface area contributed by atoms with Gasteiger partial charge in [0.05, 0.1) is 24.5 Å². The van der Waals surface area contributed by atoms with Gasteiger partial charge in [0.1, 0.15) is 18.3 Å². The highest BCUT2D eigenvalue weighted by Gasteiger charge is 2.34. The average Bonchev–Trinajstić information content (AvgIpc) is 2.47. The second-order valence-corrected chi connectivity index (χ2v) is 4.11. The number of alkyl halides is 1. The molecule has 0 rings (SSSR count). The fourth-order valence-corrected chi connectivity index (χ4v) is 1.44. The highest BCUT2D eigenvalue weighted by atomic mass is 35.5. The average molecular weight is 314 g/mol. The zero-order valence-corrected chi connectivity index (χ0v) is 11.0. The van der Waals surface area contributed by atoms with E-state index in [1.807, 2.05) is 5.32 Å². The lowest BCUT2D eigenvalue weighted by molar-refractivity contribution is -0.120. The summed E-state index contributed by atoms with van der Waals surface area (Å²) in [6.45, 7) is -1.10. The Kier molecular flexibility index (Phi) is 8.92. The quantitative estimate of drug-likeness (QED) is 0.137. The van der Waals surface area contributed by atoms with Gasteiger partial charge in [-0.2, -0.15) is 5.01 Å². The Bertz CT molecular complexity index is 333. The number of aliphatic hydroxyl groups excluding tert-OH is 4. The van der Waals surface area contributed by atoms with E-state index in [-0.39, 0.29) is 18.7 Å². The van der Waals surface area contributed by atoms with Gasteiger partial charge in [-0.05, 0) is 0 Å². The molecule has 116 valence electrons. The molecule has 0 aromatic rings. The monoisotopic (exact) mass is 313 g/mol. The van der Waals surface area contributed by atoms with Gasteiger partial charge < -0.3 is 30.5 Å². The van der Waals surface area contributed by atoms with Crippen LogP contribution in [0.25, 0.3) is 0 Å². The van der Waals surface area contributed by atoms with Crippen LogP contribution in [0.3, 0.4) is 0 Å². The smallest absolute Gasteiger partial charge is 0.340 e. The molecule has 4 atom stereocenters.